The lowest BCUT2D eigenvalue weighted by Gasteiger charge is -2.11. The largest absolute Gasteiger partial charge is 0.468 e. The number of carbonyl (C=O) groups is 2. The molecule has 0 radical (unpaired) electrons. The van der Waals surface area contributed by atoms with Crippen LogP contribution in [-0.2, 0) is 20.9 Å². The first-order chi connectivity index (χ1) is 14.1. The molecule has 0 bridgehead atoms. The highest BCUT2D eigenvalue weighted by Crippen LogP contribution is 2.26. The van der Waals surface area contributed by atoms with Crippen LogP contribution in [0, 0.1) is 0 Å². The highest BCUT2D eigenvalue weighted by Gasteiger charge is 2.16. The number of amides is 1. The molecule has 0 fully saturated rings. The second-order valence-electron chi connectivity index (χ2n) is 6.03. The molecule has 9 heteroatoms. The summed E-state index contributed by atoms with van der Waals surface area (Å²) < 4.78 is 6.47. The molecule has 7 nitrogen and oxygen atoms in total. The number of methoxy groups -OCH3 is 1. The average molecular weight is 431 g/mol. The maximum Gasteiger partial charge on any atom is 0.325 e. The Morgan fingerprint density at radius 1 is 1.10 bits per heavy atom. The third kappa shape index (κ3) is 5.82. The second-order valence-corrected chi connectivity index (χ2v) is 7.41. The molecular weight excluding hydrogens is 412 g/mol. The van der Waals surface area contributed by atoms with Crippen molar-refractivity contribution in [2.75, 3.05) is 19.4 Å². The van der Waals surface area contributed by atoms with Crippen molar-refractivity contribution in [2.45, 2.75) is 11.7 Å². The van der Waals surface area contributed by atoms with E-state index in [2.05, 4.69) is 20.3 Å². The Morgan fingerprint density at radius 3 is 2.52 bits per heavy atom. The lowest BCUT2D eigenvalue weighted by molar-refractivity contribution is -0.140. The lowest BCUT2D eigenvalue weighted by Crippen LogP contribution is -2.31. The molecule has 1 N–H and O–H groups in total. The number of aromatic nitrogens is 3. The summed E-state index contributed by atoms with van der Waals surface area (Å²) in [5.74, 6) is -0.00355. The molecule has 29 heavy (non-hydrogen) atoms. The van der Waals surface area contributed by atoms with Gasteiger partial charge in [-0.15, -0.1) is 10.2 Å². The van der Waals surface area contributed by atoms with E-state index >= 15 is 0 Å². The Bertz CT molecular complexity index is 977. The minimum atomic E-state index is -0.499. The normalized spacial score (nSPS) is 10.6. The van der Waals surface area contributed by atoms with Gasteiger partial charge in [-0.2, -0.15) is 0 Å². The van der Waals surface area contributed by atoms with Gasteiger partial charge in [-0.05, 0) is 29.8 Å². The maximum atomic E-state index is 12.0. The Kier molecular flexibility index (Phi) is 7.26. The standard InChI is InChI=1S/C20H19ClN4O3S/c1-28-18(27)11-22-17(26)13-29-20-24-23-19(15-7-9-16(21)10-8-15)25(20)12-14-5-3-2-4-6-14/h2-10H,11-13H2,1H3,(H,22,26). The predicted octanol–water partition coefficient (Wildman–Crippen LogP) is 3.03. The number of ether oxygens (including phenoxy) is 1. The molecule has 1 amide bonds. The van der Waals surface area contributed by atoms with E-state index in [1.54, 1.807) is 12.1 Å². The van der Waals surface area contributed by atoms with Gasteiger partial charge in [0.25, 0.3) is 0 Å². The quantitative estimate of drug-likeness (QED) is 0.436. The van der Waals surface area contributed by atoms with Crippen molar-refractivity contribution in [3.8, 4) is 11.4 Å². The Labute approximate surface area is 177 Å². The first kappa shape index (κ1) is 20.9. The van der Waals surface area contributed by atoms with Gasteiger partial charge in [-0.3, -0.25) is 14.2 Å². The van der Waals surface area contributed by atoms with E-state index in [0.29, 0.717) is 22.5 Å². The Morgan fingerprint density at radius 2 is 1.83 bits per heavy atom. The maximum absolute atomic E-state index is 12.0. The number of rotatable bonds is 8. The third-order valence-electron chi connectivity index (χ3n) is 3.99. The fourth-order valence-electron chi connectivity index (χ4n) is 2.54. The van der Waals surface area contributed by atoms with Crippen LogP contribution >= 0.6 is 23.4 Å². The van der Waals surface area contributed by atoms with Crippen molar-refractivity contribution in [1.82, 2.24) is 20.1 Å². The van der Waals surface area contributed by atoms with Gasteiger partial charge >= 0.3 is 5.97 Å². The molecule has 2 aromatic carbocycles. The number of thioether (sulfide) groups is 1. The molecule has 0 aliphatic carbocycles. The van der Waals surface area contributed by atoms with E-state index in [-0.39, 0.29) is 18.2 Å². The summed E-state index contributed by atoms with van der Waals surface area (Å²) in [4.78, 5) is 23.2. The highest BCUT2D eigenvalue weighted by atomic mass is 35.5. The van der Waals surface area contributed by atoms with Crippen molar-refractivity contribution in [2.24, 2.45) is 0 Å². The number of nitrogens with one attached hydrogen (secondary N) is 1. The molecule has 1 heterocycles. The molecular formula is C20H19ClN4O3S. The van der Waals surface area contributed by atoms with Gasteiger partial charge in [0.15, 0.2) is 11.0 Å². The van der Waals surface area contributed by atoms with Gasteiger partial charge in [0, 0.05) is 10.6 Å². The number of nitrogens with zero attached hydrogens (tertiary/aromatic N) is 3. The van der Waals surface area contributed by atoms with Gasteiger partial charge in [0.05, 0.1) is 19.4 Å². The van der Waals surface area contributed by atoms with Crippen molar-refractivity contribution in [1.29, 1.82) is 0 Å². The zero-order valence-corrected chi connectivity index (χ0v) is 17.2. The number of hydrogen-bond donors (Lipinski definition) is 1. The van der Waals surface area contributed by atoms with Crippen LogP contribution in [0.25, 0.3) is 11.4 Å². The molecule has 0 saturated heterocycles. The summed E-state index contributed by atoms with van der Waals surface area (Å²) >= 11 is 7.25. The van der Waals surface area contributed by atoms with Crippen LogP contribution in [0.4, 0.5) is 0 Å². The van der Waals surface area contributed by atoms with Gasteiger partial charge in [0.1, 0.15) is 6.54 Å². The summed E-state index contributed by atoms with van der Waals surface area (Å²) in [6, 6.07) is 17.3. The molecule has 150 valence electrons. The van der Waals surface area contributed by atoms with E-state index in [1.807, 2.05) is 47.0 Å². The van der Waals surface area contributed by atoms with Crippen molar-refractivity contribution in [3.63, 3.8) is 0 Å². The third-order valence-corrected chi connectivity index (χ3v) is 5.21. The van der Waals surface area contributed by atoms with Crippen LogP contribution in [0.3, 0.4) is 0 Å². The van der Waals surface area contributed by atoms with Crippen LogP contribution in [0.1, 0.15) is 5.56 Å². The van der Waals surface area contributed by atoms with E-state index in [0.717, 1.165) is 11.1 Å². The predicted molar refractivity (Wildman–Crippen MR) is 112 cm³/mol. The Balaban J connectivity index is 1.80. The fourth-order valence-corrected chi connectivity index (χ4v) is 3.43. The summed E-state index contributed by atoms with van der Waals surface area (Å²) in [6.07, 6.45) is 0. The monoisotopic (exact) mass is 430 g/mol. The number of benzene rings is 2. The van der Waals surface area contributed by atoms with Crippen molar-refractivity contribution < 1.29 is 14.3 Å². The van der Waals surface area contributed by atoms with Gasteiger partial charge < -0.3 is 10.1 Å². The molecule has 0 atom stereocenters. The first-order valence-corrected chi connectivity index (χ1v) is 10.1. The summed E-state index contributed by atoms with van der Waals surface area (Å²) in [6.45, 7) is 0.389. The zero-order chi connectivity index (χ0) is 20.6. The van der Waals surface area contributed by atoms with Crippen LogP contribution in [-0.4, -0.2) is 46.0 Å². The molecule has 3 rings (SSSR count). The van der Waals surface area contributed by atoms with E-state index < -0.39 is 5.97 Å². The molecule has 0 aliphatic rings. The van der Waals surface area contributed by atoms with Crippen LogP contribution in [0.5, 0.6) is 0 Å². The van der Waals surface area contributed by atoms with E-state index in [9.17, 15) is 9.59 Å². The SMILES string of the molecule is COC(=O)CNC(=O)CSc1nnc(-c2ccc(Cl)cc2)n1Cc1ccccc1. The molecule has 0 spiro atoms. The average Bonchev–Trinajstić information content (AvgIpc) is 3.14. The number of halogens is 1. The topological polar surface area (TPSA) is 86.1 Å². The molecule has 1 aromatic heterocycles. The fraction of sp³-hybridized carbons (Fsp3) is 0.200. The minimum absolute atomic E-state index is 0.102. The number of carbonyl (C=O) groups excluding carboxylic acids is 2. The van der Waals surface area contributed by atoms with Crippen LogP contribution in [0.15, 0.2) is 59.8 Å². The number of hydrogen-bond acceptors (Lipinski definition) is 6. The smallest absolute Gasteiger partial charge is 0.325 e. The zero-order valence-electron chi connectivity index (χ0n) is 15.7. The molecule has 0 saturated carbocycles. The van der Waals surface area contributed by atoms with Crippen LogP contribution in [0.2, 0.25) is 5.02 Å². The van der Waals surface area contributed by atoms with E-state index in [1.165, 1.54) is 18.9 Å². The van der Waals surface area contributed by atoms with Crippen LogP contribution < -0.4 is 5.32 Å². The lowest BCUT2D eigenvalue weighted by atomic mass is 10.2. The van der Waals surface area contributed by atoms with Gasteiger partial charge in [-0.25, -0.2) is 0 Å². The van der Waals surface area contributed by atoms with Crippen molar-refractivity contribution in [3.05, 3.63) is 65.2 Å². The van der Waals surface area contributed by atoms with E-state index in [4.69, 9.17) is 11.6 Å². The molecule has 0 unspecified atom stereocenters. The van der Waals surface area contributed by atoms with Crippen molar-refractivity contribution >= 4 is 35.2 Å². The molecule has 3 aromatic rings. The summed E-state index contributed by atoms with van der Waals surface area (Å²) in [5, 5.41) is 12.3. The first-order valence-electron chi connectivity index (χ1n) is 8.76. The summed E-state index contributed by atoms with van der Waals surface area (Å²) in [5.41, 5.74) is 1.96. The summed E-state index contributed by atoms with van der Waals surface area (Å²) in [7, 11) is 1.27. The second kappa shape index (κ2) is 10.1. The highest BCUT2D eigenvalue weighted by molar-refractivity contribution is 7.99. The Hall–Kier alpha value is -2.84. The molecule has 0 aliphatic heterocycles. The number of esters is 1. The minimum Gasteiger partial charge on any atom is -0.468 e. The van der Waals surface area contributed by atoms with Gasteiger partial charge in [-0.1, -0.05) is 53.7 Å². The van der Waals surface area contributed by atoms with Gasteiger partial charge in [0.2, 0.25) is 5.91 Å².